The molecule has 0 aromatic heterocycles. The summed E-state index contributed by atoms with van der Waals surface area (Å²) < 4.78 is 2.60. The van der Waals surface area contributed by atoms with Gasteiger partial charge in [-0.2, -0.15) is 0 Å². The van der Waals surface area contributed by atoms with Crippen LogP contribution in [-0.2, 0) is 15.7 Å². The van der Waals surface area contributed by atoms with Crippen LogP contribution in [0.25, 0.3) is 11.1 Å². The van der Waals surface area contributed by atoms with E-state index in [2.05, 4.69) is 80.6 Å². The van der Waals surface area contributed by atoms with Crippen LogP contribution < -0.4 is 0 Å². The minimum atomic E-state index is -4.55. The van der Waals surface area contributed by atoms with Gasteiger partial charge in [0.2, 0.25) is 0 Å². The summed E-state index contributed by atoms with van der Waals surface area (Å²) in [6, 6.07) is 17.2. The van der Waals surface area contributed by atoms with E-state index in [-0.39, 0.29) is 3.67 Å². The summed E-state index contributed by atoms with van der Waals surface area (Å²) in [5.41, 5.74) is 5.17. The number of fused-ring (bicyclic) bond motifs is 3. The van der Waals surface area contributed by atoms with Crippen LogP contribution in [0.3, 0.4) is 0 Å². The Morgan fingerprint density at radius 2 is 1.46 bits per heavy atom. The van der Waals surface area contributed by atoms with Gasteiger partial charge in [-0.3, -0.25) is 0 Å². The first kappa shape index (κ1) is 16.7. The molecule has 2 aromatic carbocycles. The van der Waals surface area contributed by atoms with E-state index in [9.17, 15) is 0 Å². The maximum atomic E-state index is 7.64. The molecular weight excluding hydrogens is 502 g/mol. The van der Waals surface area contributed by atoms with Crippen LogP contribution in [0.5, 0.6) is 0 Å². The van der Waals surface area contributed by atoms with Crippen LogP contribution in [0.2, 0.25) is 0 Å². The molecule has 0 radical (unpaired) electrons. The zero-order valence-corrected chi connectivity index (χ0v) is 19.0. The molecule has 2 aromatic rings. The predicted molar refractivity (Wildman–Crippen MR) is 104 cm³/mol. The van der Waals surface area contributed by atoms with E-state index in [1.807, 2.05) is 0 Å². The molecule has 0 nitrogen and oxygen atoms in total. The van der Waals surface area contributed by atoms with Crippen molar-refractivity contribution in [1.82, 2.24) is 0 Å². The molecule has 0 atom stereocenters. The number of hydrogen-bond acceptors (Lipinski definition) is 0. The first-order chi connectivity index (χ1) is 11.4. The van der Waals surface area contributed by atoms with Gasteiger partial charge in [-0.05, 0) is 0 Å². The molecule has 0 fully saturated rings. The van der Waals surface area contributed by atoms with Crippen molar-refractivity contribution >= 4 is 20.4 Å². The molecule has 0 bridgehead atoms. The fraction of sp³-hybridized carbons (Fsp3) is 0.190. The van der Waals surface area contributed by atoms with Gasteiger partial charge in [-0.1, -0.05) is 0 Å². The van der Waals surface area contributed by atoms with E-state index in [1.165, 1.54) is 28.8 Å². The number of allylic oxidation sites excluding steroid dienone is 4. The molecule has 2 aliphatic rings. The van der Waals surface area contributed by atoms with Crippen molar-refractivity contribution < 1.29 is 15.7 Å². The van der Waals surface area contributed by atoms with Gasteiger partial charge in [0, 0.05) is 0 Å². The second-order valence-electron chi connectivity index (χ2n) is 7.01. The summed E-state index contributed by atoms with van der Waals surface area (Å²) in [5, 5.41) is 0. The molecule has 0 amide bonds. The Labute approximate surface area is 151 Å². The molecule has 0 unspecified atom stereocenters. The maximum absolute atomic E-state index is 7.64. The molecule has 0 N–H and O–H groups in total. The number of rotatable bonds is 2. The Morgan fingerprint density at radius 1 is 0.917 bits per heavy atom. The Bertz CT molecular complexity index is 923. The van der Waals surface area contributed by atoms with E-state index >= 15 is 0 Å². The van der Waals surface area contributed by atoms with Gasteiger partial charge in [-0.25, -0.2) is 0 Å². The van der Waals surface area contributed by atoms with E-state index in [4.69, 9.17) is 17.2 Å². The summed E-state index contributed by atoms with van der Waals surface area (Å²) in [5.74, 6) is 0. The van der Waals surface area contributed by atoms with Crippen molar-refractivity contribution in [2.75, 3.05) is 0 Å². The SMILES string of the molecule is C[C](C)=[Hf]([Cl])([Cl])([C]1=CC=CC1)[CH]1c2ccccc2-c2ccccc21. The average Bonchev–Trinajstić information content (AvgIpc) is 3.22. The molecule has 2 aliphatic carbocycles. The Hall–Kier alpha value is -0.760. The summed E-state index contributed by atoms with van der Waals surface area (Å²) >= 11 is -4.55. The summed E-state index contributed by atoms with van der Waals surface area (Å²) in [7, 11) is 15.3. The normalized spacial score (nSPS) is 16.8. The van der Waals surface area contributed by atoms with Crippen molar-refractivity contribution in [3.8, 4) is 11.1 Å². The standard InChI is InChI=1S/C13H9.C5H5.C3H6.2ClH.Hf/c1-3-7-12-10(5-1)9-11-6-2-4-8-13(11)12;1-2-4-5-3-1;1-3-2;;;/h1-9H;1-3H,4H2;1-2H3;2*1H;/q;;;;;+2/p-2. The first-order valence-corrected chi connectivity index (χ1v) is 22.9. The van der Waals surface area contributed by atoms with Crippen LogP contribution in [-0.4, -0.2) is 3.26 Å². The molecule has 0 spiro atoms. The summed E-state index contributed by atoms with van der Waals surface area (Å²) in [6.45, 7) is 4.27. The third-order valence-electron chi connectivity index (χ3n) is 5.62. The molecule has 3 heteroatoms. The molecule has 0 aliphatic heterocycles. The van der Waals surface area contributed by atoms with Gasteiger partial charge in [-0.15, -0.1) is 0 Å². The third kappa shape index (κ3) is 2.11. The van der Waals surface area contributed by atoms with Gasteiger partial charge in [0.05, 0.1) is 0 Å². The third-order valence-corrected chi connectivity index (χ3v) is 37.4. The quantitative estimate of drug-likeness (QED) is 0.381. The second kappa shape index (κ2) is 5.62. The van der Waals surface area contributed by atoms with Crippen molar-refractivity contribution in [1.29, 1.82) is 0 Å². The van der Waals surface area contributed by atoms with Crippen molar-refractivity contribution in [3.05, 3.63) is 81.2 Å². The van der Waals surface area contributed by atoms with Gasteiger partial charge < -0.3 is 0 Å². The van der Waals surface area contributed by atoms with E-state index in [0.717, 1.165) is 6.42 Å². The predicted octanol–water partition coefficient (Wildman–Crippen LogP) is 6.81. The fourth-order valence-electron chi connectivity index (χ4n) is 4.28. The summed E-state index contributed by atoms with van der Waals surface area (Å²) in [4.78, 5) is 0. The Balaban J connectivity index is 2.11. The molecule has 0 saturated heterocycles. The van der Waals surface area contributed by atoms with Gasteiger partial charge in [0.1, 0.15) is 0 Å². The van der Waals surface area contributed by atoms with Crippen LogP contribution in [0.4, 0.5) is 0 Å². The van der Waals surface area contributed by atoms with Crippen LogP contribution in [0, 0.1) is 0 Å². The van der Waals surface area contributed by atoms with Crippen molar-refractivity contribution in [3.63, 3.8) is 0 Å². The second-order valence-corrected chi connectivity index (χ2v) is 37.2. The minimum absolute atomic E-state index is 0.105. The molecular formula is C21H20Cl2Hf. The molecule has 24 heavy (non-hydrogen) atoms. The summed E-state index contributed by atoms with van der Waals surface area (Å²) in [6.07, 6.45) is 7.33. The topological polar surface area (TPSA) is 0 Å². The van der Waals surface area contributed by atoms with Crippen LogP contribution >= 0.6 is 17.2 Å². The van der Waals surface area contributed by atoms with E-state index in [0.29, 0.717) is 0 Å². The molecule has 122 valence electrons. The Morgan fingerprint density at radius 3 is 1.92 bits per heavy atom. The van der Waals surface area contributed by atoms with Gasteiger partial charge in [0.25, 0.3) is 0 Å². The average molecular weight is 522 g/mol. The van der Waals surface area contributed by atoms with Crippen molar-refractivity contribution in [2.24, 2.45) is 0 Å². The van der Waals surface area contributed by atoms with Gasteiger partial charge in [0.15, 0.2) is 0 Å². The fourth-order valence-corrected chi connectivity index (χ4v) is 25.1. The van der Waals surface area contributed by atoms with E-state index < -0.39 is 15.7 Å². The van der Waals surface area contributed by atoms with Crippen LogP contribution in [0.15, 0.2) is 70.1 Å². The molecule has 4 rings (SSSR count). The van der Waals surface area contributed by atoms with Gasteiger partial charge >= 0.3 is 152 Å². The molecule has 0 saturated carbocycles. The van der Waals surface area contributed by atoms with E-state index in [1.54, 1.807) is 0 Å². The number of hydrogen-bond donors (Lipinski definition) is 0. The zero-order chi connectivity index (χ0) is 17.0. The number of benzene rings is 2. The van der Waals surface area contributed by atoms with Crippen LogP contribution in [0.1, 0.15) is 35.1 Å². The first-order valence-electron chi connectivity index (χ1n) is 8.37. The van der Waals surface area contributed by atoms with Crippen molar-refractivity contribution in [2.45, 2.75) is 23.9 Å². The monoisotopic (exact) mass is 522 g/mol. The zero-order valence-electron chi connectivity index (χ0n) is 13.9. The Kier molecular flexibility index (Phi) is 3.91. The number of halogens is 2. The molecule has 0 heterocycles.